The van der Waals surface area contributed by atoms with E-state index in [0.717, 1.165) is 38.8 Å². The Bertz CT molecular complexity index is 2760. The van der Waals surface area contributed by atoms with Crippen molar-refractivity contribution in [1.29, 1.82) is 0 Å². The summed E-state index contributed by atoms with van der Waals surface area (Å²) in [7, 11) is 0. The molecule has 0 N–H and O–H groups in total. The van der Waals surface area contributed by atoms with Crippen LogP contribution in [0.5, 0.6) is 0 Å². The van der Waals surface area contributed by atoms with Gasteiger partial charge in [0, 0.05) is 42.7 Å². The fourth-order valence-corrected chi connectivity index (χ4v) is 8.35. The van der Waals surface area contributed by atoms with E-state index in [1.807, 2.05) is 23.5 Å². The molecular formula is C42H25NOS. The standard InChI is InChI=1S/C42H25NOS/c1-2-10-26(11-3-1)28-22-29(27-18-19-33-32-13-5-8-16-38(32)44-39(33)25-27)24-30(23-28)43-37-15-7-4-12-31(37)35-20-21-36-34-14-6-9-17-40(34)45-42(36)41(35)43/h1-25H. The minimum atomic E-state index is 0.907. The maximum Gasteiger partial charge on any atom is 0.136 e. The number of rotatable bonds is 3. The number of thiophene rings is 1. The molecule has 0 aliphatic heterocycles. The molecule has 0 unspecified atom stereocenters. The van der Waals surface area contributed by atoms with Crippen molar-refractivity contribution in [2.24, 2.45) is 0 Å². The molecule has 0 atom stereocenters. The summed E-state index contributed by atoms with van der Waals surface area (Å²) in [6.45, 7) is 0. The van der Waals surface area contributed by atoms with Crippen LogP contribution in [0, 0.1) is 0 Å². The van der Waals surface area contributed by atoms with Crippen LogP contribution in [-0.2, 0) is 0 Å². The third kappa shape index (κ3) is 3.68. The highest BCUT2D eigenvalue weighted by molar-refractivity contribution is 7.26. The summed E-state index contributed by atoms with van der Waals surface area (Å²) in [6.07, 6.45) is 0. The van der Waals surface area contributed by atoms with Crippen molar-refractivity contribution in [3.05, 3.63) is 152 Å². The second-order valence-corrected chi connectivity index (χ2v) is 12.8. The number of aromatic nitrogens is 1. The van der Waals surface area contributed by atoms with E-state index in [1.165, 1.54) is 53.1 Å². The van der Waals surface area contributed by atoms with Crippen molar-refractivity contribution >= 4 is 75.3 Å². The van der Waals surface area contributed by atoms with Gasteiger partial charge in [0.05, 0.1) is 15.7 Å². The Hall–Kier alpha value is -5.64. The molecule has 0 bridgehead atoms. The highest BCUT2D eigenvalue weighted by atomic mass is 32.1. The highest BCUT2D eigenvalue weighted by Gasteiger charge is 2.19. The first-order chi connectivity index (χ1) is 22.3. The Morgan fingerprint density at radius 3 is 1.98 bits per heavy atom. The van der Waals surface area contributed by atoms with Crippen LogP contribution in [0.25, 0.3) is 91.9 Å². The van der Waals surface area contributed by atoms with E-state index in [9.17, 15) is 0 Å². The van der Waals surface area contributed by atoms with Gasteiger partial charge in [-0.15, -0.1) is 11.3 Å². The van der Waals surface area contributed by atoms with Crippen LogP contribution in [0.1, 0.15) is 0 Å². The fourth-order valence-electron chi connectivity index (χ4n) is 7.11. The normalized spacial score (nSPS) is 12.0. The summed E-state index contributed by atoms with van der Waals surface area (Å²) in [6, 6.07) is 54.8. The first-order valence-electron chi connectivity index (χ1n) is 15.3. The molecule has 7 aromatic carbocycles. The van der Waals surface area contributed by atoms with Gasteiger partial charge in [0.15, 0.2) is 0 Å². The summed E-state index contributed by atoms with van der Waals surface area (Å²) in [5, 5.41) is 7.46. The Kier molecular flexibility index (Phi) is 5.19. The maximum absolute atomic E-state index is 6.32. The molecule has 0 spiro atoms. The molecule has 0 aliphatic carbocycles. The van der Waals surface area contributed by atoms with Gasteiger partial charge in [0.1, 0.15) is 11.2 Å². The zero-order valence-electron chi connectivity index (χ0n) is 24.2. The molecule has 0 radical (unpaired) electrons. The van der Waals surface area contributed by atoms with Crippen molar-refractivity contribution in [1.82, 2.24) is 4.57 Å². The highest BCUT2D eigenvalue weighted by Crippen LogP contribution is 2.44. The molecule has 45 heavy (non-hydrogen) atoms. The van der Waals surface area contributed by atoms with E-state index in [4.69, 9.17) is 4.42 Å². The smallest absolute Gasteiger partial charge is 0.136 e. The molecular weight excluding hydrogens is 567 g/mol. The molecule has 0 fully saturated rings. The molecule has 0 aliphatic rings. The van der Waals surface area contributed by atoms with Gasteiger partial charge in [-0.1, -0.05) is 103 Å². The van der Waals surface area contributed by atoms with Crippen molar-refractivity contribution in [2.75, 3.05) is 0 Å². The van der Waals surface area contributed by atoms with Gasteiger partial charge in [-0.3, -0.25) is 0 Å². The summed E-state index contributed by atoms with van der Waals surface area (Å²) >= 11 is 1.89. The van der Waals surface area contributed by atoms with Crippen molar-refractivity contribution in [3.63, 3.8) is 0 Å². The van der Waals surface area contributed by atoms with Gasteiger partial charge < -0.3 is 8.98 Å². The molecule has 2 nitrogen and oxygen atoms in total. The van der Waals surface area contributed by atoms with Crippen molar-refractivity contribution < 1.29 is 4.42 Å². The zero-order valence-corrected chi connectivity index (χ0v) is 25.0. The lowest BCUT2D eigenvalue weighted by molar-refractivity contribution is 0.669. The molecule has 0 saturated heterocycles. The number of para-hydroxylation sites is 2. The Labute approximate surface area is 263 Å². The van der Waals surface area contributed by atoms with Crippen LogP contribution in [0.15, 0.2) is 156 Å². The van der Waals surface area contributed by atoms with Crippen molar-refractivity contribution in [2.45, 2.75) is 0 Å². The average Bonchev–Trinajstić information content (AvgIpc) is 3.77. The van der Waals surface area contributed by atoms with E-state index in [0.29, 0.717) is 0 Å². The first kappa shape index (κ1) is 24.8. The van der Waals surface area contributed by atoms with Gasteiger partial charge in [0.25, 0.3) is 0 Å². The zero-order chi connectivity index (χ0) is 29.5. The predicted molar refractivity (Wildman–Crippen MR) is 192 cm³/mol. The lowest BCUT2D eigenvalue weighted by atomic mass is 9.97. The Morgan fingerprint density at radius 2 is 1.09 bits per heavy atom. The number of nitrogens with zero attached hydrogens (tertiary/aromatic N) is 1. The fraction of sp³-hybridized carbons (Fsp3) is 0. The van der Waals surface area contributed by atoms with E-state index < -0.39 is 0 Å². The van der Waals surface area contributed by atoms with E-state index in [-0.39, 0.29) is 0 Å². The van der Waals surface area contributed by atoms with Crippen LogP contribution in [0.4, 0.5) is 0 Å². The predicted octanol–water partition coefficient (Wildman–Crippen LogP) is 12.4. The molecule has 10 aromatic rings. The molecule has 0 saturated carbocycles. The van der Waals surface area contributed by atoms with Crippen LogP contribution in [-0.4, -0.2) is 4.57 Å². The molecule has 10 rings (SSSR count). The molecule has 0 amide bonds. The summed E-state index contributed by atoms with van der Waals surface area (Å²) in [5.74, 6) is 0. The van der Waals surface area contributed by atoms with Crippen LogP contribution < -0.4 is 0 Å². The average molecular weight is 592 g/mol. The van der Waals surface area contributed by atoms with E-state index in [2.05, 4.69) is 144 Å². The third-order valence-corrected chi connectivity index (χ3v) is 10.4. The van der Waals surface area contributed by atoms with E-state index >= 15 is 0 Å². The lowest BCUT2D eigenvalue weighted by Gasteiger charge is -2.14. The van der Waals surface area contributed by atoms with Gasteiger partial charge in [-0.2, -0.15) is 0 Å². The lowest BCUT2D eigenvalue weighted by Crippen LogP contribution is -1.96. The molecule has 3 heteroatoms. The SMILES string of the molecule is c1ccc(-c2cc(-c3ccc4c(c3)oc3ccccc34)cc(-n3c4ccccc4c4ccc5c6ccccc6sc5c43)c2)cc1. The summed E-state index contributed by atoms with van der Waals surface area (Å²) < 4.78 is 11.4. The maximum atomic E-state index is 6.32. The quantitative estimate of drug-likeness (QED) is 0.200. The number of hydrogen-bond donors (Lipinski definition) is 0. The summed E-state index contributed by atoms with van der Waals surface area (Å²) in [5.41, 5.74) is 10.1. The van der Waals surface area contributed by atoms with Gasteiger partial charge in [0.2, 0.25) is 0 Å². The second-order valence-electron chi connectivity index (χ2n) is 11.7. The van der Waals surface area contributed by atoms with Crippen LogP contribution in [0.3, 0.4) is 0 Å². The largest absolute Gasteiger partial charge is 0.456 e. The number of hydrogen-bond acceptors (Lipinski definition) is 2. The molecule has 3 heterocycles. The molecule has 3 aromatic heterocycles. The van der Waals surface area contributed by atoms with Gasteiger partial charge in [-0.05, 0) is 70.8 Å². The topological polar surface area (TPSA) is 18.1 Å². The van der Waals surface area contributed by atoms with Gasteiger partial charge >= 0.3 is 0 Å². The number of benzene rings is 7. The Balaban J connectivity index is 1.30. The number of fused-ring (bicyclic) bond motifs is 10. The number of furan rings is 1. The molecule has 210 valence electrons. The Morgan fingerprint density at radius 1 is 0.422 bits per heavy atom. The van der Waals surface area contributed by atoms with Crippen molar-refractivity contribution in [3.8, 4) is 27.9 Å². The van der Waals surface area contributed by atoms with Crippen LogP contribution in [0.2, 0.25) is 0 Å². The minimum Gasteiger partial charge on any atom is -0.456 e. The third-order valence-electron chi connectivity index (χ3n) is 9.17. The first-order valence-corrected chi connectivity index (χ1v) is 16.1. The van der Waals surface area contributed by atoms with E-state index in [1.54, 1.807) is 0 Å². The van der Waals surface area contributed by atoms with Crippen LogP contribution >= 0.6 is 11.3 Å². The second kappa shape index (κ2) is 9.43. The monoisotopic (exact) mass is 591 g/mol. The van der Waals surface area contributed by atoms with Gasteiger partial charge in [-0.25, -0.2) is 0 Å². The minimum absolute atomic E-state index is 0.907. The summed E-state index contributed by atoms with van der Waals surface area (Å²) in [4.78, 5) is 0.